The number of aryl methyl sites for hydroxylation is 1. The first-order valence-corrected chi connectivity index (χ1v) is 9.01. The van der Waals surface area contributed by atoms with E-state index in [1.165, 1.54) is 0 Å². The van der Waals surface area contributed by atoms with E-state index in [9.17, 15) is 4.79 Å². The van der Waals surface area contributed by atoms with Crippen molar-refractivity contribution >= 4 is 44.3 Å². The zero-order valence-corrected chi connectivity index (χ0v) is 15.7. The van der Waals surface area contributed by atoms with Crippen LogP contribution in [-0.2, 0) is 17.8 Å². The highest BCUT2D eigenvalue weighted by molar-refractivity contribution is 9.10. The molecule has 1 N–H and O–H groups in total. The van der Waals surface area contributed by atoms with Crippen LogP contribution >= 0.6 is 27.5 Å². The normalized spacial score (nSPS) is 10.8. The van der Waals surface area contributed by atoms with Gasteiger partial charge in [-0.05, 0) is 56.4 Å². The van der Waals surface area contributed by atoms with Gasteiger partial charge in [-0.3, -0.25) is 4.79 Å². The van der Waals surface area contributed by atoms with Crippen LogP contribution < -0.4 is 4.74 Å². The van der Waals surface area contributed by atoms with Gasteiger partial charge in [0.15, 0.2) is 5.75 Å². The van der Waals surface area contributed by atoms with Gasteiger partial charge in [-0.1, -0.05) is 54.1 Å². The average molecular weight is 420 g/mol. The molecule has 0 aromatic heterocycles. The fourth-order valence-corrected chi connectivity index (χ4v) is 3.75. The van der Waals surface area contributed by atoms with Gasteiger partial charge < -0.3 is 9.84 Å². The highest BCUT2D eigenvalue weighted by Gasteiger charge is 2.11. The summed E-state index contributed by atoms with van der Waals surface area (Å²) in [4.78, 5) is 10.7. The smallest absolute Gasteiger partial charge is 0.303 e. The number of carboxylic acids is 1. The topological polar surface area (TPSA) is 46.5 Å². The molecule has 3 aromatic rings. The molecule has 0 saturated heterocycles. The molecule has 0 radical (unpaired) electrons. The fraction of sp³-hybridized carbons (Fsp3) is 0.150. The zero-order chi connectivity index (χ0) is 17.8. The van der Waals surface area contributed by atoms with Crippen LogP contribution in [0.1, 0.15) is 17.5 Å². The molecule has 0 aliphatic rings. The first-order valence-electron chi connectivity index (χ1n) is 7.84. The second-order valence-corrected chi connectivity index (χ2v) is 6.97. The van der Waals surface area contributed by atoms with Gasteiger partial charge in [0.25, 0.3) is 0 Å². The second kappa shape index (κ2) is 7.89. The first kappa shape index (κ1) is 17.8. The Morgan fingerprint density at radius 2 is 1.88 bits per heavy atom. The van der Waals surface area contributed by atoms with Gasteiger partial charge >= 0.3 is 5.97 Å². The Balaban J connectivity index is 1.80. The van der Waals surface area contributed by atoms with E-state index in [0.29, 0.717) is 23.8 Å². The van der Waals surface area contributed by atoms with Crippen LogP contribution in [0.4, 0.5) is 0 Å². The third-order valence-corrected chi connectivity index (χ3v) is 4.81. The van der Waals surface area contributed by atoms with Gasteiger partial charge in [-0.25, -0.2) is 0 Å². The standard InChI is InChI=1S/C20H16BrClO3/c21-17-10-13(8-9-19(23)24)11-18(22)20(17)25-12-15-6-3-5-14-4-1-2-7-16(14)15/h1-7,10-11H,8-9,12H2,(H,23,24). The first-order chi connectivity index (χ1) is 12.0. The molecule has 0 unspecified atom stereocenters. The molecule has 0 saturated carbocycles. The van der Waals surface area contributed by atoms with Crippen molar-refractivity contribution < 1.29 is 14.6 Å². The molecule has 0 heterocycles. The molecule has 0 aliphatic carbocycles. The van der Waals surface area contributed by atoms with Gasteiger partial charge in [-0.15, -0.1) is 0 Å². The lowest BCUT2D eigenvalue weighted by Crippen LogP contribution is -2.00. The summed E-state index contributed by atoms with van der Waals surface area (Å²) in [6, 6.07) is 17.9. The summed E-state index contributed by atoms with van der Waals surface area (Å²) < 4.78 is 6.67. The summed E-state index contributed by atoms with van der Waals surface area (Å²) in [6.45, 7) is 0.397. The highest BCUT2D eigenvalue weighted by Crippen LogP contribution is 2.35. The minimum atomic E-state index is -0.830. The molecule has 128 valence electrons. The summed E-state index contributed by atoms with van der Waals surface area (Å²) in [5.41, 5.74) is 1.94. The number of hydrogen-bond donors (Lipinski definition) is 1. The van der Waals surface area contributed by atoms with Gasteiger partial charge in [0.2, 0.25) is 0 Å². The summed E-state index contributed by atoms with van der Waals surface area (Å²) in [5, 5.41) is 11.6. The number of rotatable bonds is 6. The van der Waals surface area contributed by atoms with E-state index >= 15 is 0 Å². The van der Waals surface area contributed by atoms with Crippen molar-refractivity contribution in [2.45, 2.75) is 19.4 Å². The van der Waals surface area contributed by atoms with E-state index in [4.69, 9.17) is 21.4 Å². The van der Waals surface area contributed by atoms with Crippen LogP contribution in [0.2, 0.25) is 5.02 Å². The molecule has 3 aromatic carbocycles. The minimum Gasteiger partial charge on any atom is -0.486 e. The third kappa shape index (κ3) is 4.33. The van der Waals surface area contributed by atoms with Crippen LogP contribution in [0.3, 0.4) is 0 Å². The molecule has 5 heteroatoms. The lowest BCUT2D eigenvalue weighted by atomic mass is 10.1. The van der Waals surface area contributed by atoms with Crippen molar-refractivity contribution in [2.24, 2.45) is 0 Å². The van der Waals surface area contributed by atoms with Gasteiger partial charge in [0.05, 0.1) is 9.50 Å². The Labute approximate surface area is 159 Å². The number of hydrogen-bond acceptors (Lipinski definition) is 2. The van der Waals surface area contributed by atoms with E-state index in [0.717, 1.165) is 26.4 Å². The van der Waals surface area contributed by atoms with Crippen molar-refractivity contribution in [1.82, 2.24) is 0 Å². The summed E-state index contributed by atoms with van der Waals surface area (Å²) >= 11 is 9.80. The fourth-order valence-electron chi connectivity index (χ4n) is 2.71. The molecule has 3 nitrogen and oxygen atoms in total. The largest absolute Gasteiger partial charge is 0.486 e. The van der Waals surface area contributed by atoms with E-state index in [2.05, 4.69) is 34.1 Å². The number of benzene rings is 3. The predicted octanol–water partition coefficient (Wildman–Crippen LogP) is 5.85. The number of halogens is 2. The second-order valence-electron chi connectivity index (χ2n) is 5.71. The number of carboxylic acid groups (broad SMARTS) is 1. The van der Waals surface area contributed by atoms with Gasteiger partial charge in [0, 0.05) is 6.42 Å². The van der Waals surface area contributed by atoms with Crippen molar-refractivity contribution in [2.75, 3.05) is 0 Å². The lowest BCUT2D eigenvalue weighted by molar-refractivity contribution is -0.136. The lowest BCUT2D eigenvalue weighted by Gasteiger charge is -2.13. The Kier molecular flexibility index (Phi) is 5.61. The van der Waals surface area contributed by atoms with Gasteiger partial charge in [-0.2, -0.15) is 0 Å². The van der Waals surface area contributed by atoms with E-state index in [1.54, 1.807) is 6.07 Å². The van der Waals surface area contributed by atoms with Crippen molar-refractivity contribution in [1.29, 1.82) is 0 Å². The van der Waals surface area contributed by atoms with Crippen LogP contribution in [-0.4, -0.2) is 11.1 Å². The van der Waals surface area contributed by atoms with Crippen molar-refractivity contribution in [3.8, 4) is 5.75 Å². The average Bonchev–Trinajstić information content (AvgIpc) is 2.59. The van der Waals surface area contributed by atoms with E-state index < -0.39 is 5.97 Å². The number of ether oxygens (including phenoxy) is 1. The monoisotopic (exact) mass is 418 g/mol. The van der Waals surface area contributed by atoms with Crippen LogP contribution in [0, 0.1) is 0 Å². The van der Waals surface area contributed by atoms with Crippen molar-refractivity contribution in [3.63, 3.8) is 0 Å². The van der Waals surface area contributed by atoms with E-state index in [1.807, 2.05) is 30.3 Å². The van der Waals surface area contributed by atoms with Crippen molar-refractivity contribution in [3.05, 3.63) is 75.2 Å². The molecule has 0 amide bonds. The van der Waals surface area contributed by atoms with Crippen LogP contribution in [0.5, 0.6) is 5.75 Å². The SMILES string of the molecule is O=C(O)CCc1cc(Cl)c(OCc2cccc3ccccc23)c(Br)c1. The van der Waals surface area contributed by atoms with E-state index in [-0.39, 0.29) is 6.42 Å². The molecule has 3 rings (SSSR count). The highest BCUT2D eigenvalue weighted by atomic mass is 79.9. The Morgan fingerprint density at radius 1 is 1.12 bits per heavy atom. The minimum absolute atomic E-state index is 0.0684. The molecule has 0 fully saturated rings. The van der Waals surface area contributed by atoms with Crippen LogP contribution in [0.15, 0.2) is 59.1 Å². The molecule has 0 atom stereocenters. The summed E-state index contributed by atoms with van der Waals surface area (Å²) in [6.07, 6.45) is 0.496. The maximum Gasteiger partial charge on any atom is 0.303 e. The van der Waals surface area contributed by atoms with Gasteiger partial charge in [0.1, 0.15) is 6.61 Å². The zero-order valence-electron chi connectivity index (χ0n) is 13.3. The molecule has 0 bridgehead atoms. The summed E-state index contributed by atoms with van der Waals surface area (Å²) in [5.74, 6) is -0.266. The number of fused-ring (bicyclic) bond motifs is 1. The molecule has 25 heavy (non-hydrogen) atoms. The van der Waals surface area contributed by atoms with Crippen LogP contribution in [0.25, 0.3) is 10.8 Å². The maximum atomic E-state index is 10.7. The molecule has 0 spiro atoms. The Bertz CT molecular complexity index is 895. The third-order valence-electron chi connectivity index (χ3n) is 3.94. The Hall–Kier alpha value is -2.04. The number of carbonyl (C=O) groups is 1. The summed E-state index contributed by atoms with van der Waals surface area (Å²) in [7, 11) is 0. The Morgan fingerprint density at radius 3 is 2.64 bits per heavy atom. The molecular weight excluding hydrogens is 404 g/mol. The molecule has 0 aliphatic heterocycles. The maximum absolute atomic E-state index is 10.7. The number of aliphatic carboxylic acids is 1. The quantitative estimate of drug-likeness (QED) is 0.545. The molecular formula is C20H16BrClO3. The predicted molar refractivity (Wildman–Crippen MR) is 103 cm³/mol.